The van der Waals surface area contributed by atoms with Crippen LogP contribution in [0.4, 0.5) is 0 Å². The van der Waals surface area contributed by atoms with E-state index >= 15 is 0 Å². The van der Waals surface area contributed by atoms with Crippen molar-refractivity contribution in [2.24, 2.45) is 0 Å². The molecule has 1 aliphatic rings. The maximum Gasteiger partial charge on any atom is 0.261 e. The molecular weight excluding hydrogens is 314 g/mol. The maximum absolute atomic E-state index is 12.4. The number of fused-ring (bicyclic) bond motifs is 1. The summed E-state index contributed by atoms with van der Waals surface area (Å²) < 4.78 is 10.8. The Morgan fingerprint density at radius 2 is 1.68 bits per heavy atom. The number of carbonyl (C=O) groups excluding carboxylic acids is 1. The first-order chi connectivity index (χ1) is 12.1. The summed E-state index contributed by atoms with van der Waals surface area (Å²) in [7, 11) is 1.62. The summed E-state index contributed by atoms with van der Waals surface area (Å²) >= 11 is 0. The number of rotatable bonds is 6. The summed E-state index contributed by atoms with van der Waals surface area (Å²) in [5.74, 6) is 1.28. The van der Waals surface area contributed by atoms with Crippen LogP contribution in [0.5, 0.6) is 11.5 Å². The molecule has 0 bridgehead atoms. The molecule has 0 heterocycles. The summed E-state index contributed by atoms with van der Waals surface area (Å²) in [4.78, 5) is 12.4. The standard InChI is InChI=1S/C21H25NO3/c1-14(17-8-7-16-5-4-6-18(16)13-17)22-21(23)15(2)25-20-11-9-19(24-3)10-12-20/h7-15H,4-6H2,1-3H3,(H,22,23). The van der Waals surface area contributed by atoms with Crippen LogP contribution in [-0.4, -0.2) is 19.1 Å². The Balaban J connectivity index is 1.58. The van der Waals surface area contributed by atoms with Crippen molar-refractivity contribution in [1.82, 2.24) is 5.32 Å². The lowest BCUT2D eigenvalue weighted by Crippen LogP contribution is -2.37. The topological polar surface area (TPSA) is 47.6 Å². The van der Waals surface area contributed by atoms with Gasteiger partial charge in [0.2, 0.25) is 0 Å². The Morgan fingerprint density at radius 1 is 1.00 bits per heavy atom. The fourth-order valence-electron chi connectivity index (χ4n) is 3.19. The summed E-state index contributed by atoms with van der Waals surface area (Å²) in [5, 5.41) is 3.04. The largest absolute Gasteiger partial charge is 0.497 e. The lowest BCUT2D eigenvalue weighted by Gasteiger charge is -2.19. The molecule has 0 radical (unpaired) electrons. The monoisotopic (exact) mass is 339 g/mol. The SMILES string of the molecule is COc1ccc(OC(C)C(=O)NC(C)c2ccc3c(c2)CCC3)cc1. The van der Waals surface area contributed by atoms with E-state index in [2.05, 4.69) is 23.5 Å². The van der Waals surface area contributed by atoms with Crippen molar-refractivity contribution in [2.45, 2.75) is 45.3 Å². The molecule has 4 heteroatoms. The zero-order chi connectivity index (χ0) is 17.8. The Morgan fingerprint density at radius 3 is 2.40 bits per heavy atom. The molecule has 1 N–H and O–H groups in total. The van der Waals surface area contributed by atoms with Crippen molar-refractivity contribution in [2.75, 3.05) is 7.11 Å². The first-order valence-electron chi connectivity index (χ1n) is 8.79. The van der Waals surface area contributed by atoms with Gasteiger partial charge in [-0.2, -0.15) is 0 Å². The van der Waals surface area contributed by atoms with Gasteiger partial charge in [-0.15, -0.1) is 0 Å². The molecule has 2 unspecified atom stereocenters. The van der Waals surface area contributed by atoms with Gasteiger partial charge in [-0.1, -0.05) is 18.2 Å². The lowest BCUT2D eigenvalue weighted by molar-refractivity contribution is -0.127. The molecular formula is C21H25NO3. The summed E-state index contributed by atoms with van der Waals surface area (Å²) in [6.07, 6.45) is 2.97. The van der Waals surface area contributed by atoms with Gasteiger partial charge in [0.1, 0.15) is 11.5 Å². The van der Waals surface area contributed by atoms with Gasteiger partial charge >= 0.3 is 0 Å². The summed E-state index contributed by atoms with van der Waals surface area (Å²) in [5.41, 5.74) is 4.00. The van der Waals surface area contributed by atoms with E-state index in [-0.39, 0.29) is 11.9 Å². The molecule has 0 aliphatic heterocycles. The summed E-state index contributed by atoms with van der Waals surface area (Å²) in [6, 6.07) is 13.7. The fraction of sp³-hybridized carbons (Fsp3) is 0.381. The molecule has 0 aromatic heterocycles. The molecule has 132 valence electrons. The third kappa shape index (κ3) is 4.13. The van der Waals surface area contributed by atoms with Gasteiger partial charge in [0.15, 0.2) is 6.10 Å². The first-order valence-corrected chi connectivity index (χ1v) is 8.79. The highest BCUT2D eigenvalue weighted by atomic mass is 16.5. The minimum Gasteiger partial charge on any atom is -0.497 e. The van der Waals surface area contributed by atoms with Crippen LogP contribution in [0.2, 0.25) is 0 Å². The highest BCUT2D eigenvalue weighted by Crippen LogP contribution is 2.25. The minimum absolute atomic E-state index is 0.0414. The smallest absolute Gasteiger partial charge is 0.261 e. The number of hydrogen-bond acceptors (Lipinski definition) is 3. The highest BCUT2D eigenvalue weighted by molar-refractivity contribution is 5.81. The summed E-state index contributed by atoms with van der Waals surface area (Å²) in [6.45, 7) is 3.77. The second-order valence-corrected chi connectivity index (χ2v) is 6.55. The number of hydrogen-bond donors (Lipinski definition) is 1. The molecule has 4 nitrogen and oxygen atoms in total. The number of amides is 1. The van der Waals surface area contributed by atoms with E-state index in [1.807, 2.05) is 19.1 Å². The number of nitrogens with one attached hydrogen (secondary N) is 1. The van der Waals surface area contributed by atoms with Crippen LogP contribution in [0, 0.1) is 0 Å². The molecule has 0 fully saturated rings. The molecule has 1 amide bonds. The van der Waals surface area contributed by atoms with Crippen molar-refractivity contribution < 1.29 is 14.3 Å². The highest BCUT2D eigenvalue weighted by Gasteiger charge is 2.19. The van der Waals surface area contributed by atoms with Crippen molar-refractivity contribution in [3.8, 4) is 11.5 Å². The zero-order valence-corrected chi connectivity index (χ0v) is 15.0. The van der Waals surface area contributed by atoms with Crippen molar-refractivity contribution in [3.05, 3.63) is 59.2 Å². The third-order valence-corrected chi connectivity index (χ3v) is 4.72. The van der Waals surface area contributed by atoms with E-state index in [0.717, 1.165) is 17.7 Å². The van der Waals surface area contributed by atoms with Crippen LogP contribution in [0.1, 0.15) is 43.0 Å². The van der Waals surface area contributed by atoms with E-state index in [4.69, 9.17) is 9.47 Å². The van der Waals surface area contributed by atoms with Gasteiger partial charge in [0.05, 0.1) is 13.2 Å². The average molecular weight is 339 g/mol. The predicted octanol–water partition coefficient (Wildman–Crippen LogP) is 3.83. The van der Waals surface area contributed by atoms with Gasteiger partial charge in [-0.05, 0) is 74.1 Å². The van der Waals surface area contributed by atoms with Crippen LogP contribution < -0.4 is 14.8 Å². The second kappa shape index (κ2) is 7.60. The molecule has 0 spiro atoms. The van der Waals surface area contributed by atoms with E-state index in [9.17, 15) is 4.79 Å². The lowest BCUT2D eigenvalue weighted by atomic mass is 10.0. The molecule has 2 aromatic carbocycles. The molecule has 0 saturated heterocycles. The average Bonchev–Trinajstić information content (AvgIpc) is 3.09. The van der Waals surface area contributed by atoms with Gasteiger partial charge in [-0.3, -0.25) is 4.79 Å². The molecule has 1 aliphatic carbocycles. The van der Waals surface area contributed by atoms with Crippen molar-refractivity contribution >= 4 is 5.91 Å². The normalized spacial score (nSPS) is 15.2. The van der Waals surface area contributed by atoms with E-state index < -0.39 is 6.10 Å². The Labute approximate surface area is 149 Å². The fourth-order valence-corrected chi connectivity index (χ4v) is 3.19. The molecule has 25 heavy (non-hydrogen) atoms. The van der Waals surface area contributed by atoms with Crippen LogP contribution >= 0.6 is 0 Å². The number of benzene rings is 2. The Kier molecular flexibility index (Phi) is 5.27. The van der Waals surface area contributed by atoms with Gasteiger partial charge in [0.25, 0.3) is 5.91 Å². The quantitative estimate of drug-likeness (QED) is 0.870. The molecule has 0 saturated carbocycles. The number of aryl methyl sites for hydroxylation is 2. The Hall–Kier alpha value is -2.49. The predicted molar refractivity (Wildman–Crippen MR) is 98.1 cm³/mol. The van der Waals surface area contributed by atoms with E-state index in [1.54, 1.807) is 26.2 Å². The van der Waals surface area contributed by atoms with Crippen LogP contribution in [0.25, 0.3) is 0 Å². The van der Waals surface area contributed by atoms with Crippen LogP contribution in [0.3, 0.4) is 0 Å². The second-order valence-electron chi connectivity index (χ2n) is 6.55. The molecule has 2 aromatic rings. The minimum atomic E-state index is -0.565. The molecule has 3 rings (SSSR count). The van der Waals surface area contributed by atoms with Crippen molar-refractivity contribution in [1.29, 1.82) is 0 Å². The zero-order valence-electron chi connectivity index (χ0n) is 15.0. The van der Waals surface area contributed by atoms with Crippen LogP contribution in [0.15, 0.2) is 42.5 Å². The number of carbonyl (C=O) groups is 1. The number of ether oxygens (including phenoxy) is 2. The van der Waals surface area contributed by atoms with Gasteiger partial charge in [0, 0.05) is 0 Å². The third-order valence-electron chi connectivity index (χ3n) is 4.72. The Bertz CT molecular complexity index is 739. The maximum atomic E-state index is 12.4. The van der Waals surface area contributed by atoms with E-state index in [0.29, 0.717) is 5.75 Å². The molecule has 2 atom stereocenters. The van der Waals surface area contributed by atoms with Crippen molar-refractivity contribution in [3.63, 3.8) is 0 Å². The van der Waals surface area contributed by atoms with Gasteiger partial charge in [-0.25, -0.2) is 0 Å². The number of methoxy groups -OCH3 is 1. The van der Waals surface area contributed by atoms with Crippen LogP contribution in [-0.2, 0) is 17.6 Å². The van der Waals surface area contributed by atoms with E-state index in [1.165, 1.54) is 24.0 Å². The first kappa shape index (κ1) is 17.3. The van der Waals surface area contributed by atoms with Gasteiger partial charge < -0.3 is 14.8 Å².